The summed E-state index contributed by atoms with van der Waals surface area (Å²) >= 11 is 5.80. The first kappa shape index (κ1) is 19.6. The average Bonchev–Trinajstić information content (AvgIpc) is 2.70. The molecule has 28 heavy (non-hydrogen) atoms. The van der Waals surface area contributed by atoms with Gasteiger partial charge in [-0.05, 0) is 60.5 Å². The van der Waals surface area contributed by atoms with Crippen LogP contribution in [0.1, 0.15) is 5.56 Å². The molecule has 3 rings (SSSR count). The number of hydrogen-bond donors (Lipinski definition) is 2. The third-order valence-electron chi connectivity index (χ3n) is 3.87. The van der Waals surface area contributed by atoms with Crippen LogP contribution in [-0.2, 0) is 11.2 Å². The first-order valence-corrected chi connectivity index (χ1v) is 9.09. The maximum atomic E-state index is 12.9. The monoisotopic (exact) mass is 399 g/mol. The van der Waals surface area contributed by atoms with Gasteiger partial charge in [0, 0.05) is 11.6 Å². The molecule has 0 saturated carbocycles. The number of ether oxygens (including phenoxy) is 1. The average molecular weight is 400 g/mol. The maximum Gasteiger partial charge on any atom is 0.263 e. The highest BCUT2D eigenvalue weighted by atomic mass is 35.5. The summed E-state index contributed by atoms with van der Waals surface area (Å²) in [6.07, 6.45) is 2.40. The van der Waals surface area contributed by atoms with E-state index in [1.807, 2.05) is 6.07 Å². The van der Waals surface area contributed by atoms with E-state index in [1.165, 1.54) is 12.1 Å². The number of pyridine rings is 1. The van der Waals surface area contributed by atoms with Gasteiger partial charge >= 0.3 is 0 Å². The molecular weight excluding hydrogens is 381 g/mol. The standard InChI is InChI=1S/C21H19ClFN3O2/c22-16-3-8-19(9-4-16)28-14-21(27)26-20-10-7-18(13-25-20)24-12-11-15-1-5-17(23)6-2-15/h1-10,13,24H,11-12,14H2,(H,25,26,27). The van der Waals surface area contributed by atoms with Crippen LogP contribution in [0.2, 0.25) is 5.02 Å². The van der Waals surface area contributed by atoms with Crippen molar-refractivity contribution in [3.63, 3.8) is 0 Å². The smallest absolute Gasteiger partial charge is 0.263 e. The van der Waals surface area contributed by atoms with Crippen molar-refractivity contribution < 1.29 is 13.9 Å². The lowest BCUT2D eigenvalue weighted by atomic mass is 10.1. The largest absolute Gasteiger partial charge is 0.484 e. The van der Waals surface area contributed by atoms with Crippen molar-refractivity contribution in [3.8, 4) is 5.75 Å². The summed E-state index contributed by atoms with van der Waals surface area (Å²) in [5, 5.41) is 6.51. The zero-order chi connectivity index (χ0) is 19.8. The van der Waals surface area contributed by atoms with E-state index < -0.39 is 0 Å². The summed E-state index contributed by atoms with van der Waals surface area (Å²) < 4.78 is 18.3. The summed E-state index contributed by atoms with van der Waals surface area (Å²) in [7, 11) is 0. The van der Waals surface area contributed by atoms with Crippen LogP contribution in [0.3, 0.4) is 0 Å². The van der Waals surface area contributed by atoms with Gasteiger partial charge in [0.15, 0.2) is 6.61 Å². The number of amides is 1. The Labute approximate surface area is 167 Å². The van der Waals surface area contributed by atoms with Crippen LogP contribution < -0.4 is 15.4 Å². The first-order valence-electron chi connectivity index (χ1n) is 8.71. The molecule has 1 heterocycles. The van der Waals surface area contributed by atoms with E-state index in [0.717, 1.165) is 17.7 Å². The van der Waals surface area contributed by atoms with Crippen molar-refractivity contribution in [2.75, 3.05) is 23.8 Å². The van der Waals surface area contributed by atoms with Gasteiger partial charge in [0.05, 0.1) is 11.9 Å². The molecule has 0 radical (unpaired) electrons. The highest BCUT2D eigenvalue weighted by Gasteiger charge is 2.05. The van der Waals surface area contributed by atoms with Crippen LogP contribution in [0.5, 0.6) is 5.75 Å². The van der Waals surface area contributed by atoms with Crippen LogP contribution in [-0.4, -0.2) is 24.0 Å². The Kier molecular flexibility index (Phi) is 6.81. The number of nitrogens with zero attached hydrogens (tertiary/aromatic N) is 1. The molecule has 144 valence electrons. The molecular formula is C21H19ClFN3O2. The van der Waals surface area contributed by atoms with Gasteiger partial charge in [-0.25, -0.2) is 9.37 Å². The lowest BCUT2D eigenvalue weighted by Gasteiger charge is -2.09. The highest BCUT2D eigenvalue weighted by molar-refractivity contribution is 6.30. The van der Waals surface area contributed by atoms with E-state index in [1.54, 1.807) is 48.7 Å². The number of hydrogen-bond acceptors (Lipinski definition) is 4. The van der Waals surface area contributed by atoms with Gasteiger partial charge in [-0.15, -0.1) is 0 Å². The predicted molar refractivity (Wildman–Crippen MR) is 108 cm³/mol. The molecule has 2 N–H and O–H groups in total. The molecule has 0 fully saturated rings. The van der Waals surface area contributed by atoms with Crippen molar-refractivity contribution >= 4 is 29.0 Å². The number of aromatic nitrogens is 1. The molecule has 0 spiro atoms. The van der Waals surface area contributed by atoms with Crippen molar-refractivity contribution in [1.29, 1.82) is 0 Å². The Balaban J connectivity index is 1.41. The van der Waals surface area contributed by atoms with Gasteiger partial charge in [-0.2, -0.15) is 0 Å². The van der Waals surface area contributed by atoms with Gasteiger partial charge in [0.2, 0.25) is 0 Å². The number of benzene rings is 2. The van der Waals surface area contributed by atoms with Gasteiger partial charge in [0.25, 0.3) is 5.91 Å². The minimum Gasteiger partial charge on any atom is -0.484 e. The fourth-order valence-corrected chi connectivity index (χ4v) is 2.56. The lowest BCUT2D eigenvalue weighted by molar-refractivity contribution is -0.118. The molecule has 0 unspecified atom stereocenters. The Bertz CT molecular complexity index is 900. The zero-order valence-corrected chi connectivity index (χ0v) is 15.7. The Morgan fingerprint density at radius 3 is 2.46 bits per heavy atom. The third-order valence-corrected chi connectivity index (χ3v) is 4.12. The summed E-state index contributed by atoms with van der Waals surface area (Å²) in [6.45, 7) is 0.564. The van der Waals surface area contributed by atoms with E-state index in [4.69, 9.17) is 16.3 Å². The Morgan fingerprint density at radius 1 is 1.04 bits per heavy atom. The van der Waals surface area contributed by atoms with Crippen molar-refractivity contribution in [1.82, 2.24) is 4.98 Å². The van der Waals surface area contributed by atoms with E-state index in [9.17, 15) is 9.18 Å². The number of carbonyl (C=O) groups excluding carboxylic acids is 1. The summed E-state index contributed by atoms with van der Waals surface area (Å²) in [4.78, 5) is 16.2. The van der Waals surface area contributed by atoms with Crippen LogP contribution in [0.15, 0.2) is 66.9 Å². The fourth-order valence-electron chi connectivity index (χ4n) is 2.43. The number of rotatable bonds is 8. The van der Waals surface area contributed by atoms with Gasteiger partial charge in [-0.3, -0.25) is 4.79 Å². The minimum atomic E-state index is -0.306. The second kappa shape index (κ2) is 9.71. The first-order chi connectivity index (χ1) is 13.6. The molecule has 0 aliphatic rings. The minimum absolute atomic E-state index is 0.124. The quantitative estimate of drug-likeness (QED) is 0.583. The predicted octanol–water partition coefficient (Wildman–Crippen LogP) is 4.55. The molecule has 1 amide bonds. The number of carbonyl (C=O) groups is 1. The van der Waals surface area contributed by atoms with Crippen molar-refractivity contribution in [2.24, 2.45) is 0 Å². The second-order valence-electron chi connectivity index (χ2n) is 6.03. The van der Waals surface area contributed by atoms with Crippen LogP contribution in [0.25, 0.3) is 0 Å². The molecule has 7 heteroatoms. The molecule has 5 nitrogen and oxygen atoms in total. The Morgan fingerprint density at radius 2 is 1.79 bits per heavy atom. The molecule has 0 saturated heterocycles. The summed E-state index contributed by atoms with van der Waals surface area (Å²) in [5.41, 5.74) is 1.88. The van der Waals surface area contributed by atoms with Crippen molar-refractivity contribution in [3.05, 3.63) is 83.3 Å². The third kappa shape index (κ3) is 6.25. The van der Waals surface area contributed by atoms with Gasteiger partial charge in [0.1, 0.15) is 17.4 Å². The second-order valence-corrected chi connectivity index (χ2v) is 6.46. The fraction of sp³-hybridized carbons (Fsp3) is 0.143. The van der Waals surface area contributed by atoms with E-state index >= 15 is 0 Å². The zero-order valence-electron chi connectivity index (χ0n) is 15.0. The molecule has 3 aromatic rings. The molecule has 0 bridgehead atoms. The maximum absolute atomic E-state index is 12.9. The molecule has 0 atom stereocenters. The lowest BCUT2D eigenvalue weighted by Crippen LogP contribution is -2.20. The normalized spacial score (nSPS) is 10.4. The van der Waals surface area contributed by atoms with Gasteiger partial charge < -0.3 is 15.4 Å². The number of anilines is 2. The Hall–Kier alpha value is -3.12. The van der Waals surface area contributed by atoms with Gasteiger partial charge in [-0.1, -0.05) is 23.7 Å². The SMILES string of the molecule is O=C(COc1ccc(Cl)cc1)Nc1ccc(NCCc2ccc(F)cc2)cn1. The van der Waals surface area contributed by atoms with E-state index in [2.05, 4.69) is 15.6 Å². The number of nitrogens with one attached hydrogen (secondary N) is 2. The van der Waals surface area contributed by atoms with E-state index in [-0.39, 0.29) is 18.3 Å². The van der Waals surface area contributed by atoms with Crippen LogP contribution >= 0.6 is 11.6 Å². The molecule has 2 aromatic carbocycles. The van der Waals surface area contributed by atoms with Crippen molar-refractivity contribution in [2.45, 2.75) is 6.42 Å². The topological polar surface area (TPSA) is 63.2 Å². The van der Waals surface area contributed by atoms with Crippen LogP contribution in [0, 0.1) is 5.82 Å². The summed E-state index contributed by atoms with van der Waals surface area (Å²) in [6, 6.07) is 16.7. The summed E-state index contributed by atoms with van der Waals surface area (Å²) in [5.74, 6) is 0.457. The van der Waals surface area contributed by atoms with Crippen LogP contribution in [0.4, 0.5) is 15.9 Å². The molecule has 0 aliphatic heterocycles. The van der Waals surface area contributed by atoms with E-state index in [0.29, 0.717) is 23.1 Å². The number of halogens is 2. The molecule has 1 aromatic heterocycles. The molecule has 0 aliphatic carbocycles. The highest BCUT2D eigenvalue weighted by Crippen LogP contribution is 2.15.